The molecule has 6 N–H and O–H groups in total. The van der Waals surface area contributed by atoms with Crippen molar-refractivity contribution in [2.75, 3.05) is 25.9 Å². The Morgan fingerprint density at radius 1 is 0.842 bits per heavy atom. The van der Waals surface area contributed by atoms with E-state index in [4.69, 9.17) is 31.9 Å². The quantitative estimate of drug-likeness (QED) is 0.0480. The molecule has 2 amide bonds. The number of aromatic nitrogens is 1. The molecule has 0 spiro atoms. The predicted octanol–water partition coefficient (Wildman–Crippen LogP) is 7.45. The lowest BCUT2D eigenvalue weighted by Crippen LogP contribution is -2.28. The Bertz CT molecular complexity index is 2750. The average Bonchev–Trinajstić information content (AvgIpc) is 3.46. The summed E-state index contributed by atoms with van der Waals surface area (Å²) in [5.41, 5.74) is 11.1. The molecule has 2 heterocycles. The van der Waals surface area contributed by atoms with Gasteiger partial charge in [0.15, 0.2) is 0 Å². The third-order valence-corrected chi connectivity index (χ3v) is 10.2. The Morgan fingerprint density at radius 3 is 2.32 bits per heavy atom. The van der Waals surface area contributed by atoms with E-state index in [1.165, 1.54) is 12.1 Å². The summed E-state index contributed by atoms with van der Waals surface area (Å²) >= 11 is 6.05. The third-order valence-electron chi connectivity index (χ3n) is 9.91. The highest BCUT2D eigenvalue weighted by atomic mass is 35.5. The number of hydrogen-bond acceptors (Lipinski definition) is 8. The number of hydrogen-bond donors (Lipinski definition) is 5. The van der Waals surface area contributed by atoms with E-state index in [1.807, 2.05) is 13.0 Å². The van der Waals surface area contributed by atoms with Crippen molar-refractivity contribution < 1.29 is 33.4 Å². The van der Waals surface area contributed by atoms with Gasteiger partial charge in [-0.05, 0) is 116 Å². The topological polar surface area (TPSA) is 190 Å². The van der Waals surface area contributed by atoms with Crippen LogP contribution in [0.1, 0.15) is 55.2 Å². The van der Waals surface area contributed by atoms with E-state index < -0.39 is 5.97 Å². The fourth-order valence-electron chi connectivity index (χ4n) is 7.08. The number of nitrogens with two attached hydrogens (primary N) is 1. The van der Waals surface area contributed by atoms with E-state index in [9.17, 15) is 24.3 Å². The summed E-state index contributed by atoms with van der Waals surface area (Å²) in [6.45, 7) is 2.49. The number of aromatic carboxylic acids is 1. The number of nitrogens with zero attached hydrogens (tertiary/aromatic N) is 1. The van der Waals surface area contributed by atoms with Crippen LogP contribution in [0, 0.1) is 12.3 Å². The Labute approximate surface area is 331 Å². The molecule has 0 fully saturated rings. The van der Waals surface area contributed by atoms with Gasteiger partial charge in [-0.3, -0.25) is 19.0 Å². The number of ether oxygens (including phenoxy) is 1. The summed E-state index contributed by atoms with van der Waals surface area (Å²) in [6, 6.07) is 26.4. The first-order valence-corrected chi connectivity index (χ1v) is 18.5. The molecule has 5 aromatic rings. The summed E-state index contributed by atoms with van der Waals surface area (Å²) in [6.07, 6.45) is 1.18. The van der Waals surface area contributed by atoms with Crippen LogP contribution in [-0.2, 0) is 11.2 Å². The number of nitrogen functional groups attached to an aromatic ring is 1. The number of fused-ring (bicyclic) bond motifs is 3. The Balaban J connectivity index is 1.01. The monoisotopic (exact) mass is 783 g/mol. The van der Waals surface area contributed by atoms with E-state index in [2.05, 4.69) is 10.6 Å². The number of rotatable bonds is 12. The van der Waals surface area contributed by atoms with Crippen LogP contribution in [-0.4, -0.2) is 53.6 Å². The minimum absolute atomic E-state index is 0.00471. The van der Waals surface area contributed by atoms with Crippen LogP contribution in [0.5, 0.6) is 5.75 Å². The van der Waals surface area contributed by atoms with Gasteiger partial charge in [-0.15, -0.1) is 0 Å². The highest BCUT2D eigenvalue weighted by molar-refractivity contribution is 6.30. The van der Waals surface area contributed by atoms with Crippen LogP contribution >= 0.6 is 11.6 Å². The predicted molar refractivity (Wildman–Crippen MR) is 218 cm³/mol. The molecule has 1 aliphatic heterocycles. The molecule has 0 saturated carbocycles. The van der Waals surface area contributed by atoms with E-state index >= 15 is 0 Å². The minimum Gasteiger partial charge on any atom is -0.497 e. The van der Waals surface area contributed by atoms with Gasteiger partial charge in [-0.25, -0.2) is 4.79 Å². The van der Waals surface area contributed by atoms with E-state index in [1.54, 1.807) is 90.5 Å². The van der Waals surface area contributed by atoms with Crippen molar-refractivity contribution in [3.8, 4) is 28.2 Å². The highest BCUT2D eigenvalue weighted by Gasteiger charge is 2.24. The molecule has 4 aromatic carbocycles. The fraction of sp³-hybridized carbons (Fsp3) is 0.159. The van der Waals surface area contributed by atoms with Crippen molar-refractivity contribution in [1.29, 1.82) is 5.41 Å². The van der Waals surface area contributed by atoms with Crippen LogP contribution in [0.3, 0.4) is 0 Å². The van der Waals surface area contributed by atoms with Crippen molar-refractivity contribution in [3.05, 3.63) is 135 Å². The first-order valence-electron chi connectivity index (χ1n) is 18.1. The van der Waals surface area contributed by atoms with Gasteiger partial charge in [0.25, 0.3) is 11.8 Å². The van der Waals surface area contributed by atoms with Gasteiger partial charge in [0.1, 0.15) is 17.1 Å². The number of carbonyl (C=O) groups is 4. The second-order valence-corrected chi connectivity index (χ2v) is 14.0. The second kappa shape index (κ2) is 16.0. The van der Waals surface area contributed by atoms with Gasteiger partial charge < -0.3 is 36.0 Å². The number of anilines is 1. The summed E-state index contributed by atoms with van der Waals surface area (Å²) < 4.78 is 13.1. The minimum atomic E-state index is -1.17. The zero-order valence-corrected chi connectivity index (χ0v) is 31.8. The number of unbranched alkanes of at least 4 members (excludes halogenated alkanes) is 1. The van der Waals surface area contributed by atoms with E-state index in [-0.39, 0.29) is 40.6 Å². The fourth-order valence-corrected chi connectivity index (χ4v) is 7.20. The molecule has 13 heteroatoms. The Kier molecular flexibility index (Phi) is 10.8. The van der Waals surface area contributed by atoms with Gasteiger partial charge in [0, 0.05) is 74.7 Å². The summed E-state index contributed by atoms with van der Waals surface area (Å²) in [4.78, 5) is 52.7. The van der Waals surface area contributed by atoms with Crippen molar-refractivity contribution >= 4 is 62.9 Å². The molecule has 0 unspecified atom stereocenters. The van der Waals surface area contributed by atoms with Crippen molar-refractivity contribution in [3.63, 3.8) is 0 Å². The number of amides is 2. The van der Waals surface area contributed by atoms with Crippen molar-refractivity contribution in [1.82, 2.24) is 15.2 Å². The maximum atomic E-state index is 13.6. The molecule has 1 aromatic heterocycles. The Hall–Kier alpha value is -6.92. The SMILES string of the molecule is COc1ccc2c(c1)c(CC(=O)NCCCCNC(=O)c1ccc(C(=O)O)c(-c3c4ccc(=N)cc-4oc4cc(N)ccc34)c1)c(C)n2C(=O)c1ccc(Cl)cc1. The van der Waals surface area contributed by atoms with Gasteiger partial charge in [-0.2, -0.15) is 0 Å². The summed E-state index contributed by atoms with van der Waals surface area (Å²) in [5.74, 6) is -1.04. The molecule has 57 heavy (non-hydrogen) atoms. The lowest BCUT2D eigenvalue weighted by atomic mass is 9.89. The van der Waals surface area contributed by atoms with Gasteiger partial charge >= 0.3 is 5.97 Å². The number of methoxy groups -OCH3 is 1. The smallest absolute Gasteiger partial charge is 0.336 e. The number of halogens is 1. The molecular formula is C44H38ClN5O7. The summed E-state index contributed by atoms with van der Waals surface area (Å²) in [7, 11) is 1.56. The zero-order chi connectivity index (χ0) is 40.4. The maximum absolute atomic E-state index is 13.6. The molecule has 2 aliphatic rings. The zero-order valence-electron chi connectivity index (χ0n) is 31.1. The molecule has 0 atom stereocenters. The molecule has 0 radical (unpaired) electrons. The average molecular weight is 784 g/mol. The molecular weight excluding hydrogens is 746 g/mol. The molecule has 0 bridgehead atoms. The number of nitrogens with one attached hydrogen (secondary N) is 3. The standard InChI is InChI=1S/C44H38ClN5O7/c1-24-34(35-22-30(56-2)12-16-37(35)50(24)43(53)25-5-8-27(45)9-6-25)23-40(51)48-17-3-4-18-49-42(52)26-7-13-31(44(54)55)36(19-26)41-32-14-10-28(46)20-38(32)57-39-21-29(47)11-15-33(39)41/h5-16,19-22,46H,3-4,17-18,23,47H2,1-2H3,(H,48,51)(H,49,52)(H,54,55). The molecule has 7 rings (SSSR count). The molecule has 288 valence electrons. The van der Waals surface area contributed by atoms with Crippen LogP contribution in [0.2, 0.25) is 5.02 Å². The van der Waals surface area contributed by atoms with Gasteiger partial charge in [0.2, 0.25) is 5.91 Å². The Morgan fingerprint density at radius 2 is 1.58 bits per heavy atom. The van der Waals surface area contributed by atoms with Crippen molar-refractivity contribution in [2.45, 2.75) is 26.2 Å². The van der Waals surface area contributed by atoms with E-state index in [0.717, 1.165) is 5.39 Å². The van der Waals surface area contributed by atoms with Crippen LogP contribution in [0.15, 0.2) is 101 Å². The van der Waals surface area contributed by atoms with Gasteiger partial charge in [-0.1, -0.05) is 11.6 Å². The van der Waals surface area contributed by atoms with E-state index in [0.29, 0.717) is 98.1 Å². The molecule has 0 saturated heterocycles. The summed E-state index contributed by atoms with van der Waals surface area (Å²) in [5, 5.41) is 26.2. The molecule has 1 aliphatic carbocycles. The first kappa shape index (κ1) is 38.4. The van der Waals surface area contributed by atoms with Gasteiger partial charge in [0.05, 0.1) is 30.0 Å². The number of carboxylic acids is 1. The normalized spacial score (nSPS) is 11.2. The second-order valence-electron chi connectivity index (χ2n) is 13.6. The van der Waals surface area contributed by atoms with Crippen LogP contribution < -0.4 is 26.5 Å². The maximum Gasteiger partial charge on any atom is 0.336 e. The number of carbonyl (C=O) groups excluding carboxylic acids is 3. The lowest BCUT2D eigenvalue weighted by Gasteiger charge is -2.18. The number of benzene rings is 5. The third kappa shape index (κ3) is 7.80. The largest absolute Gasteiger partial charge is 0.497 e. The molecule has 12 nitrogen and oxygen atoms in total. The number of carboxylic acid groups (broad SMARTS) is 1. The van der Waals surface area contributed by atoms with Crippen LogP contribution in [0.4, 0.5) is 5.69 Å². The first-order chi connectivity index (χ1) is 27.4. The lowest BCUT2D eigenvalue weighted by molar-refractivity contribution is -0.120. The van der Waals surface area contributed by atoms with Crippen molar-refractivity contribution in [2.24, 2.45) is 0 Å². The van der Waals surface area contributed by atoms with Crippen LogP contribution in [0.25, 0.3) is 44.3 Å². The highest BCUT2D eigenvalue weighted by Crippen LogP contribution is 2.42.